The molecular formula is C17H28N2O5. The van der Waals surface area contributed by atoms with Crippen LogP contribution in [0.15, 0.2) is 21.9 Å². The molecule has 1 fully saturated rings. The second kappa shape index (κ2) is 9.15. The highest BCUT2D eigenvalue weighted by Gasteiger charge is 2.44. The number of hydrogen-bond acceptors (Lipinski definition) is 5. The van der Waals surface area contributed by atoms with Gasteiger partial charge < -0.3 is 14.6 Å². The van der Waals surface area contributed by atoms with Gasteiger partial charge in [0.05, 0.1) is 6.10 Å². The van der Waals surface area contributed by atoms with E-state index < -0.39 is 29.7 Å². The molecule has 136 valence electrons. The monoisotopic (exact) mass is 340 g/mol. The number of H-pyrrole nitrogens is 1. The van der Waals surface area contributed by atoms with Crippen molar-refractivity contribution in [3.8, 4) is 0 Å². The summed E-state index contributed by atoms with van der Waals surface area (Å²) < 4.78 is 12.9. The molecule has 0 bridgehead atoms. The lowest BCUT2D eigenvalue weighted by Gasteiger charge is -2.22. The SMILES string of the molecule is CCCCCCCOC1[C@@H](O)[C@@H](CC)O[C@H]1n1ccc(=O)[nH]c1=O. The molecule has 0 amide bonds. The lowest BCUT2D eigenvalue weighted by Crippen LogP contribution is -2.39. The van der Waals surface area contributed by atoms with E-state index in [1.807, 2.05) is 6.92 Å². The number of aromatic amines is 1. The molecule has 0 spiro atoms. The summed E-state index contributed by atoms with van der Waals surface area (Å²) in [6, 6.07) is 1.26. The van der Waals surface area contributed by atoms with Crippen LogP contribution in [0.2, 0.25) is 0 Å². The summed E-state index contributed by atoms with van der Waals surface area (Å²) in [6.45, 7) is 4.59. The summed E-state index contributed by atoms with van der Waals surface area (Å²) in [5.41, 5.74) is -1.02. The predicted octanol–water partition coefficient (Wildman–Crippen LogP) is 1.56. The second-order valence-electron chi connectivity index (χ2n) is 6.23. The fourth-order valence-corrected chi connectivity index (χ4v) is 3.01. The predicted molar refractivity (Wildman–Crippen MR) is 90.0 cm³/mol. The zero-order chi connectivity index (χ0) is 17.5. The second-order valence-corrected chi connectivity index (χ2v) is 6.23. The number of aliphatic hydroxyl groups is 1. The minimum absolute atomic E-state index is 0.390. The lowest BCUT2D eigenvalue weighted by atomic mass is 10.1. The van der Waals surface area contributed by atoms with Crippen LogP contribution in [0, 0.1) is 0 Å². The van der Waals surface area contributed by atoms with Crippen molar-refractivity contribution in [2.24, 2.45) is 0 Å². The van der Waals surface area contributed by atoms with Gasteiger partial charge in [0.15, 0.2) is 6.23 Å². The molecule has 2 heterocycles. The molecule has 7 heteroatoms. The molecule has 1 aliphatic rings. The van der Waals surface area contributed by atoms with E-state index >= 15 is 0 Å². The summed E-state index contributed by atoms with van der Waals surface area (Å²) in [4.78, 5) is 25.5. The third kappa shape index (κ3) is 4.55. The zero-order valence-corrected chi connectivity index (χ0v) is 14.4. The van der Waals surface area contributed by atoms with E-state index in [0.717, 1.165) is 12.8 Å². The smallest absolute Gasteiger partial charge is 0.330 e. The van der Waals surface area contributed by atoms with Gasteiger partial charge in [-0.2, -0.15) is 0 Å². The highest BCUT2D eigenvalue weighted by atomic mass is 16.6. The fourth-order valence-electron chi connectivity index (χ4n) is 3.01. The van der Waals surface area contributed by atoms with Crippen molar-refractivity contribution < 1.29 is 14.6 Å². The third-order valence-corrected chi connectivity index (χ3v) is 4.40. The van der Waals surface area contributed by atoms with E-state index in [1.165, 1.54) is 36.1 Å². The van der Waals surface area contributed by atoms with Crippen LogP contribution < -0.4 is 11.2 Å². The van der Waals surface area contributed by atoms with Gasteiger partial charge in [0.25, 0.3) is 5.56 Å². The molecule has 0 aliphatic carbocycles. The Kier molecular flexibility index (Phi) is 7.20. The third-order valence-electron chi connectivity index (χ3n) is 4.40. The molecule has 7 nitrogen and oxygen atoms in total. The Morgan fingerprint density at radius 3 is 2.67 bits per heavy atom. The molecule has 1 aromatic heterocycles. The first-order chi connectivity index (χ1) is 11.6. The van der Waals surface area contributed by atoms with Gasteiger partial charge in [-0.05, 0) is 12.8 Å². The van der Waals surface area contributed by atoms with Crippen molar-refractivity contribution >= 4 is 0 Å². The average molecular weight is 340 g/mol. The van der Waals surface area contributed by atoms with Crippen LogP contribution in [0.5, 0.6) is 0 Å². The van der Waals surface area contributed by atoms with E-state index in [-0.39, 0.29) is 6.10 Å². The molecule has 2 N–H and O–H groups in total. The first-order valence-electron chi connectivity index (χ1n) is 8.85. The number of hydrogen-bond donors (Lipinski definition) is 2. The summed E-state index contributed by atoms with van der Waals surface area (Å²) in [5, 5.41) is 10.4. The first kappa shape index (κ1) is 18.9. The van der Waals surface area contributed by atoms with Crippen molar-refractivity contribution in [3.05, 3.63) is 33.1 Å². The topological polar surface area (TPSA) is 93.5 Å². The number of ether oxygens (including phenoxy) is 2. The Morgan fingerprint density at radius 2 is 2.00 bits per heavy atom. The Hall–Kier alpha value is -1.44. The van der Waals surface area contributed by atoms with Gasteiger partial charge in [-0.3, -0.25) is 14.3 Å². The maximum absolute atomic E-state index is 12.0. The Morgan fingerprint density at radius 1 is 1.25 bits per heavy atom. The standard InChI is InChI=1S/C17H28N2O5/c1-3-5-6-7-8-11-23-15-14(21)12(4-2)24-16(15)19-10-9-13(20)18-17(19)22/h9-10,12,14-16,21H,3-8,11H2,1-2H3,(H,18,20,22)/t12-,14+,15?,16-/m1/s1. The molecular weight excluding hydrogens is 312 g/mol. The maximum Gasteiger partial charge on any atom is 0.330 e. The Bertz CT molecular complexity index is 611. The number of aromatic nitrogens is 2. The Balaban J connectivity index is 2.04. The van der Waals surface area contributed by atoms with Gasteiger partial charge >= 0.3 is 5.69 Å². The van der Waals surface area contributed by atoms with Crippen molar-refractivity contribution in [2.75, 3.05) is 6.61 Å². The minimum Gasteiger partial charge on any atom is -0.388 e. The number of nitrogens with zero attached hydrogens (tertiary/aromatic N) is 1. The highest BCUT2D eigenvalue weighted by molar-refractivity contribution is 4.93. The van der Waals surface area contributed by atoms with Gasteiger partial charge in [0.2, 0.25) is 0 Å². The van der Waals surface area contributed by atoms with Gasteiger partial charge in [0.1, 0.15) is 12.2 Å². The van der Waals surface area contributed by atoms with E-state index in [0.29, 0.717) is 13.0 Å². The highest BCUT2D eigenvalue weighted by Crippen LogP contribution is 2.32. The molecule has 0 saturated carbocycles. The summed E-state index contributed by atoms with van der Waals surface area (Å²) >= 11 is 0. The van der Waals surface area contributed by atoms with Crippen LogP contribution in [0.3, 0.4) is 0 Å². The zero-order valence-electron chi connectivity index (χ0n) is 14.4. The van der Waals surface area contributed by atoms with E-state index in [1.54, 1.807) is 0 Å². The number of aliphatic hydroxyl groups excluding tert-OH is 1. The van der Waals surface area contributed by atoms with Gasteiger partial charge in [-0.15, -0.1) is 0 Å². The summed E-state index contributed by atoms with van der Waals surface area (Å²) in [6.07, 6.45) is 5.02. The maximum atomic E-state index is 12.0. The van der Waals surface area contributed by atoms with E-state index in [2.05, 4.69) is 11.9 Å². The lowest BCUT2D eigenvalue weighted by molar-refractivity contribution is -0.0714. The van der Waals surface area contributed by atoms with Crippen LogP contribution in [-0.2, 0) is 9.47 Å². The van der Waals surface area contributed by atoms with Crippen molar-refractivity contribution in [1.82, 2.24) is 9.55 Å². The normalized spacial score (nSPS) is 26.8. The summed E-state index contributed by atoms with van der Waals surface area (Å²) in [5.74, 6) is 0. The number of rotatable bonds is 9. The summed E-state index contributed by atoms with van der Waals surface area (Å²) in [7, 11) is 0. The van der Waals surface area contributed by atoms with Gasteiger partial charge in [-0.1, -0.05) is 39.5 Å². The molecule has 2 rings (SSSR count). The van der Waals surface area contributed by atoms with Crippen LogP contribution in [0.25, 0.3) is 0 Å². The fraction of sp³-hybridized carbons (Fsp3) is 0.765. The first-order valence-corrected chi connectivity index (χ1v) is 8.85. The van der Waals surface area contributed by atoms with Gasteiger partial charge in [-0.25, -0.2) is 4.79 Å². The van der Waals surface area contributed by atoms with Crippen molar-refractivity contribution in [1.29, 1.82) is 0 Å². The molecule has 0 aromatic carbocycles. The van der Waals surface area contributed by atoms with Crippen LogP contribution >= 0.6 is 0 Å². The largest absolute Gasteiger partial charge is 0.388 e. The molecule has 1 saturated heterocycles. The van der Waals surface area contributed by atoms with Crippen LogP contribution in [0.1, 0.15) is 58.6 Å². The molecule has 24 heavy (non-hydrogen) atoms. The van der Waals surface area contributed by atoms with Crippen molar-refractivity contribution in [2.45, 2.75) is 76.9 Å². The van der Waals surface area contributed by atoms with Crippen LogP contribution in [-0.4, -0.2) is 39.6 Å². The number of nitrogens with one attached hydrogen (secondary N) is 1. The Labute approximate surface area is 141 Å². The van der Waals surface area contributed by atoms with Gasteiger partial charge in [0, 0.05) is 18.9 Å². The quantitative estimate of drug-likeness (QED) is 0.666. The molecule has 1 unspecified atom stereocenters. The molecule has 0 radical (unpaired) electrons. The van der Waals surface area contributed by atoms with Crippen LogP contribution in [0.4, 0.5) is 0 Å². The molecule has 1 aromatic rings. The van der Waals surface area contributed by atoms with E-state index in [4.69, 9.17) is 9.47 Å². The molecule has 4 atom stereocenters. The number of unbranched alkanes of at least 4 members (excludes halogenated alkanes) is 4. The minimum atomic E-state index is -0.797. The average Bonchev–Trinajstić information content (AvgIpc) is 2.87. The van der Waals surface area contributed by atoms with Crippen molar-refractivity contribution in [3.63, 3.8) is 0 Å². The van der Waals surface area contributed by atoms with E-state index in [9.17, 15) is 14.7 Å². The molecule has 1 aliphatic heterocycles.